The molecule has 0 bridgehead atoms. The van der Waals surface area contributed by atoms with Crippen LogP contribution in [0.1, 0.15) is 29.2 Å². The molecule has 5 nitrogen and oxygen atoms in total. The third-order valence-corrected chi connectivity index (χ3v) is 5.59. The molecular formula is C22H25NO4. The molecule has 2 aromatic rings. The van der Waals surface area contributed by atoms with Crippen LogP contribution < -0.4 is 18.9 Å². The van der Waals surface area contributed by atoms with Crippen LogP contribution in [0, 0.1) is 0 Å². The number of nitrogens with zero attached hydrogens (tertiary/aromatic N) is 1. The fraction of sp³-hybridized carbons (Fsp3) is 0.364. The molecule has 2 heterocycles. The van der Waals surface area contributed by atoms with E-state index >= 15 is 0 Å². The lowest BCUT2D eigenvalue weighted by atomic mass is 9.86. The van der Waals surface area contributed by atoms with Crippen LogP contribution in [0.15, 0.2) is 24.3 Å². The van der Waals surface area contributed by atoms with Crippen molar-refractivity contribution in [3.8, 4) is 23.0 Å². The van der Waals surface area contributed by atoms with Crippen LogP contribution in [0.5, 0.6) is 23.0 Å². The molecule has 2 aliphatic rings. The van der Waals surface area contributed by atoms with Gasteiger partial charge >= 0.3 is 0 Å². The molecule has 2 aliphatic heterocycles. The number of ether oxygens (including phenoxy) is 4. The number of rotatable bonds is 4. The molecular weight excluding hydrogens is 342 g/mol. The van der Waals surface area contributed by atoms with Crippen molar-refractivity contribution in [1.29, 1.82) is 0 Å². The fourth-order valence-electron chi connectivity index (χ4n) is 4.30. The number of hydrogen-bond acceptors (Lipinski definition) is 5. The van der Waals surface area contributed by atoms with Gasteiger partial charge in [-0.3, -0.25) is 0 Å². The zero-order chi connectivity index (χ0) is 19.1. The summed E-state index contributed by atoms with van der Waals surface area (Å²) < 4.78 is 22.2. The van der Waals surface area contributed by atoms with Crippen LogP contribution in [0.4, 0.5) is 0 Å². The number of allylic oxidation sites excluding steroid dienone is 1. The number of methoxy groups -OCH3 is 4. The zero-order valence-corrected chi connectivity index (χ0v) is 16.5. The highest BCUT2D eigenvalue weighted by molar-refractivity contribution is 5.94. The SMILES string of the molecule is COc1cc2c(cc1OC)C1=C(C)c3ccc(OC)c(OC)c3CN1CC2. The molecule has 0 atom stereocenters. The van der Waals surface area contributed by atoms with E-state index in [-0.39, 0.29) is 0 Å². The summed E-state index contributed by atoms with van der Waals surface area (Å²) in [4.78, 5) is 2.42. The van der Waals surface area contributed by atoms with Crippen LogP contribution in [0.3, 0.4) is 0 Å². The molecule has 2 aromatic carbocycles. The summed E-state index contributed by atoms with van der Waals surface area (Å²) in [5, 5.41) is 0. The Bertz CT molecular complexity index is 932. The fourth-order valence-corrected chi connectivity index (χ4v) is 4.30. The predicted molar refractivity (Wildman–Crippen MR) is 106 cm³/mol. The molecule has 0 radical (unpaired) electrons. The summed E-state index contributed by atoms with van der Waals surface area (Å²) in [6.07, 6.45) is 0.966. The largest absolute Gasteiger partial charge is 0.493 e. The highest BCUT2D eigenvalue weighted by Crippen LogP contribution is 2.47. The third kappa shape index (κ3) is 2.60. The van der Waals surface area contributed by atoms with Gasteiger partial charge in [0.25, 0.3) is 0 Å². The van der Waals surface area contributed by atoms with Crippen molar-refractivity contribution in [2.45, 2.75) is 19.9 Å². The van der Waals surface area contributed by atoms with Crippen LogP contribution in [0.25, 0.3) is 11.3 Å². The Morgan fingerprint density at radius 3 is 2.19 bits per heavy atom. The van der Waals surface area contributed by atoms with Crippen molar-refractivity contribution in [3.05, 3.63) is 46.5 Å². The monoisotopic (exact) mass is 367 g/mol. The van der Waals surface area contributed by atoms with Crippen LogP contribution in [-0.4, -0.2) is 39.9 Å². The Morgan fingerprint density at radius 1 is 0.815 bits per heavy atom. The molecule has 0 N–H and O–H groups in total. The Balaban J connectivity index is 1.93. The topological polar surface area (TPSA) is 40.2 Å². The van der Waals surface area contributed by atoms with E-state index in [4.69, 9.17) is 18.9 Å². The smallest absolute Gasteiger partial charge is 0.166 e. The van der Waals surface area contributed by atoms with Crippen molar-refractivity contribution in [1.82, 2.24) is 4.90 Å². The lowest BCUT2D eigenvalue weighted by molar-refractivity contribution is 0.332. The summed E-state index contributed by atoms with van der Waals surface area (Å²) in [7, 11) is 6.74. The summed E-state index contributed by atoms with van der Waals surface area (Å²) >= 11 is 0. The Labute approximate surface area is 160 Å². The first-order valence-electron chi connectivity index (χ1n) is 9.08. The highest BCUT2D eigenvalue weighted by atomic mass is 16.5. The van der Waals surface area contributed by atoms with Gasteiger partial charge in [0.15, 0.2) is 23.0 Å². The van der Waals surface area contributed by atoms with Gasteiger partial charge in [-0.05, 0) is 48.2 Å². The van der Waals surface area contributed by atoms with Crippen molar-refractivity contribution in [3.63, 3.8) is 0 Å². The van der Waals surface area contributed by atoms with Gasteiger partial charge in [0, 0.05) is 29.9 Å². The van der Waals surface area contributed by atoms with E-state index in [1.807, 2.05) is 6.07 Å². The number of hydrogen-bond donors (Lipinski definition) is 0. The summed E-state index contributed by atoms with van der Waals surface area (Å²) in [5.74, 6) is 3.14. The van der Waals surface area contributed by atoms with E-state index in [1.54, 1.807) is 28.4 Å². The van der Waals surface area contributed by atoms with Gasteiger partial charge < -0.3 is 23.8 Å². The van der Waals surface area contributed by atoms with Crippen molar-refractivity contribution in [2.24, 2.45) is 0 Å². The minimum Gasteiger partial charge on any atom is -0.493 e. The highest BCUT2D eigenvalue weighted by Gasteiger charge is 2.32. The predicted octanol–water partition coefficient (Wildman–Crippen LogP) is 3.98. The molecule has 0 aromatic heterocycles. The van der Waals surface area contributed by atoms with Gasteiger partial charge in [0.05, 0.1) is 28.4 Å². The van der Waals surface area contributed by atoms with Crippen LogP contribution in [-0.2, 0) is 13.0 Å². The second kappa shape index (κ2) is 6.72. The van der Waals surface area contributed by atoms with Gasteiger partial charge in [0.1, 0.15) is 0 Å². The van der Waals surface area contributed by atoms with Crippen molar-refractivity contribution in [2.75, 3.05) is 35.0 Å². The minimum atomic E-state index is 0.761. The first-order chi connectivity index (χ1) is 13.1. The van der Waals surface area contributed by atoms with E-state index in [0.717, 1.165) is 42.5 Å². The molecule has 27 heavy (non-hydrogen) atoms. The minimum absolute atomic E-state index is 0.761. The molecule has 0 fully saturated rings. The van der Waals surface area contributed by atoms with Gasteiger partial charge in [-0.2, -0.15) is 0 Å². The Kier molecular flexibility index (Phi) is 4.38. The van der Waals surface area contributed by atoms with Crippen LogP contribution >= 0.6 is 0 Å². The normalized spacial score (nSPS) is 14.9. The van der Waals surface area contributed by atoms with Gasteiger partial charge in [-0.15, -0.1) is 0 Å². The maximum atomic E-state index is 5.69. The standard InChI is InChI=1S/C22H25NO4/c1-13-15-6-7-18(24-2)22(27-5)17(15)12-23-9-8-14-10-19(25-3)20(26-4)11-16(14)21(13)23/h6-7,10-11H,8-9,12H2,1-5H3. The van der Waals surface area contributed by atoms with Gasteiger partial charge in [-0.1, -0.05) is 6.07 Å². The lowest BCUT2D eigenvalue weighted by Crippen LogP contribution is -2.32. The number of fused-ring (bicyclic) bond motifs is 4. The van der Waals surface area contributed by atoms with Crippen molar-refractivity contribution >= 4 is 11.3 Å². The molecule has 0 aliphatic carbocycles. The van der Waals surface area contributed by atoms with Crippen LogP contribution in [0.2, 0.25) is 0 Å². The average molecular weight is 367 g/mol. The molecule has 5 heteroatoms. The molecule has 0 spiro atoms. The second-order valence-electron chi connectivity index (χ2n) is 6.84. The van der Waals surface area contributed by atoms with E-state index in [0.29, 0.717) is 0 Å². The summed E-state index contributed by atoms with van der Waals surface area (Å²) in [6, 6.07) is 8.32. The lowest BCUT2D eigenvalue weighted by Gasteiger charge is -2.39. The van der Waals surface area contributed by atoms with Gasteiger partial charge in [0.2, 0.25) is 0 Å². The molecule has 142 valence electrons. The van der Waals surface area contributed by atoms with Gasteiger partial charge in [-0.25, -0.2) is 0 Å². The van der Waals surface area contributed by atoms with E-state index in [9.17, 15) is 0 Å². The number of benzene rings is 2. The average Bonchev–Trinajstić information content (AvgIpc) is 2.71. The van der Waals surface area contributed by atoms with E-state index < -0.39 is 0 Å². The summed E-state index contributed by atoms with van der Waals surface area (Å²) in [6.45, 7) is 3.93. The molecule has 0 saturated heterocycles. The first-order valence-corrected chi connectivity index (χ1v) is 9.08. The van der Waals surface area contributed by atoms with E-state index in [2.05, 4.69) is 30.0 Å². The van der Waals surface area contributed by atoms with E-state index in [1.165, 1.54) is 33.5 Å². The maximum absolute atomic E-state index is 5.69. The maximum Gasteiger partial charge on any atom is 0.166 e. The third-order valence-electron chi connectivity index (χ3n) is 5.59. The van der Waals surface area contributed by atoms with Crippen molar-refractivity contribution < 1.29 is 18.9 Å². The quantitative estimate of drug-likeness (QED) is 0.817. The molecule has 0 unspecified atom stereocenters. The molecule has 0 amide bonds. The zero-order valence-electron chi connectivity index (χ0n) is 16.5. The second-order valence-corrected chi connectivity index (χ2v) is 6.84. The summed E-state index contributed by atoms with van der Waals surface area (Å²) in [5.41, 5.74) is 7.41. The molecule has 4 rings (SSSR count). The Morgan fingerprint density at radius 2 is 1.52 bits per heavy atom. The molecule has 0 saturated carbocycles. The Hall–Kier alpha value is -2.82. The first kappa shape index (κ1) is 17.6.